The van der Waals surface area contributed by atoms with Crippen LogP contribution in [0.1, 0.15) is 47.1 Å². The van der Waals surface area contributed by atoms with Crippen molar-refractivity contribution in [2.75, 3.05) is 5.32 Å². The van der Waals surface area contributed by atoms with E-state index in [0.29, 0.717) is 22.3 Å². The van der Waals surface area contributed by atoms with Crippen LogP contribution in [0, 0.1) is 0 Å². The van der Waals surface area contributed by atoms with E-state index in [2.05, 4.69) is 31.1 Å². The van der Waals surface area contributed by atoms with E-state index in [1.54, 1.807) is 24.3 Å². The average Bonchev–Trinajstić information content (AvgIpc) is 2.78. The Balaban J connectivity index is 1.70. The fourth-order valence-corrected chi connectivity index (χ4v) is 3.71. The molecule has 0 radical (unpaired) electrons. The molecule has 0 unspecified atom stereocenters. The van der Waals surface area contributed by atoms with Gasteiger partial charge in [-0.3, -0.25) is 4.79 Å². The minimum Gasteiger partial charge on any atom is -0.478 e. The van der Waals surface area contributed by atoms with Crippen molar-refractivity contribution in [2.24, 2.45) is 0 Å². The van der Waals surface area contributed by atoms with Crippen molar-refractivity contribution in [3.05, 3.63) is 95.6 Å². The summed E-state index contributed by atoms with van der Waals surface area (Å²) in [5, 5.41) is 12.8. The van der Waals surface area contributed by atoms with Gasteiger partial charge in [-0.2, -0.15) is 0 Å². The molecule has 0 saturated carbocycles. The Kier molecular flexibility index (Phi) is 5.49. The summed E-state index contributed by atoms with van der Waals surface area (Å²) < 4.78 is 0. The van der Waals surface area contributed by atoms with Crippen molar-refractivity contribution in [1.29, 1.82) is 0 Å². The van der Waals surface area contributed by atoms with Gasteiger partial charge < -0.3 is 10.4 Å². The number of aromatic carboxylic acids is 1. The lowest BCUT2D eigenvalue weighted by Gasteiger charge is -2.23. The van der Waals surface area contributed by atoms with Crippen LogP contribution in [-0.2, 0) is 5.41 Å². The van der Waals surface area contributed by atoms with Gasteiger partial charge in [-0.25, -0.2) is 9.78 Å². The van der Waals surface area contributed by atoms with Crippen molar-refractivity contribution < 1.29 is 14.7 Å². The maximum atomic E-state index is 13.3. The van der Waals surface area contributed by atoms with E-state index in [9.17, 15) is 9.59 Å². The molecule has 4 aromatic rings. The van der Waals surface area contributed by atoms with Crippen LogP contribution in [0.4, 0.5) is 5.82 Å². The maximum Gasteiger partial charge on any atom is 0.335 e. The minimum absolute atomic E-state index is 0.198. The second-order valence-electron chi connectivity index (χ2n) is 8.74. The van der Waals surface area contributed by atoms with Gasteiger partial charge >= 0.3 is 5.97 Å². The van der Waals surface area contributed by atoms with Gasteiger partial charge in [0.25, 0.3) is 5.91 Å². The zero-order valence-corrected chi connectivity index (χ0v) is 18.2. The fourth-order valence-electron chi connectivity index (χ4n) is 3.71. The zero-order valence-electron chi connectivity index (χ0n) is 18.2. The molecule has 0 atom stereocenters. The predicted octanol–water partition coefficient (Wildman–Crippen LogP) is 6.15. The number of pyridine rings is 1. The molecule has 0 bridgehead atoms. The molecule has 5 nitrogen and oxygen atoms in total. The number of benzene rings is 3. The highest BCUT2D eigenvalue weighted by molar-refractivity contribution is 6.06. The number of anilines is 1. The van der Waals surface area contributed by atoms with Crippen molar-refractivity contribution >= 4 is 28.6 Å². The Labute approximate surface area is 186 Å². The number of aromatic nitrogens is 1. The second-order valence-corrected chi connectivity index (χ2v) is 8.74. The molecule has 3 aromatic carbocycles. The number of amides is 1. The molecule has 5 heteroatoms. The molecular weight excluding hydrogens is 400 g/mol. The summed E-state index contributed by atoms with van der Waals surface area (Å²) in [7, 11) is 0. The van der Waals surface area contributed by atoms with Crippen LogP contribution in [0.5, 0.6) is 0 Å². The first-order valence-corrected chi connectivity index (χ1v) is 10.4. The summed E-state index contributed by atoms with van der Waals surface area (Å²) >= 11 is 0. The van der Waals surface area contributed by atoms with E-state index >= 15 is 0 Å². The minimum atomic E-state index is -0.989. The molecule has 0 saturated heterocycles. The third-order valence-electron chi connectivity index (χ3n) is 5.36. The van der Waals surface area contributed by atoms with Gasteiger partial charge in [0.2, 0.25) is 0 Å². The van der Waals surface area contributed by atoms with Gasteiger partial charge in [-0.15, -0.1) is 0 Å². The summed E-state index contributed by atoms with van der Waals surface area (Å²) in [5.41, 5.74) is 4.15. The Morgan fingerprint density at radius 2 is 1.59 bits per heavy atom. The number of rotatable bonds is 4. The molecule has 0 aliphatic carbocycles. The Hall–Kier alpha value is -3.99. The maximum absolute atomic E-state index is 13.3. The Bertz CT molecular complexity index is 1320. The highest BCUT2D eigenvalue weighted by atomic mass is 16.4. The fraction of sp³-hybridized carbons (Fsp3) is 0.148. The van der Waals surface area contributed by atoms with Crippen molar-refractivity contribution in [3.63, 3.8) is 0 Å². The SMILES string of the molecule is CC(C)(C)c1ccc(-c2ccccc2)cc1C(=O)Nc1ccc2cc(C(=O)O)ccc2n1. The topological polar surface area (TPSA) is 79.3 Å². The van der Waals surface area contributed by atoms with E-state index in [-0.39, 0.29) is 16.9 Å². The third-order valence-corrected chi connectivity index (χ3v) is 5.36. The lowest BCUT2D eigenvalue weighted by Crippen LogP contribution is -2.21. The standard InChI is InChI=1S/C27H24N2O3/c1-27(2,3)22-12-9-18(17-7-5-4-6-8-17)16-21(22)25(30)29-24-14-11-19-15-20(26(31)32)10-13-23(19)28-24/h4-16H,1-3H3,(H,31,32)(H,28,29,30). The number of carbonyl (C=O) groups is 2. The van der Waals surface area contributed by atoms with Gasteiger partial charge in [0.05, 0.1) is 11.1 Å². The van der Waals surface area contributed by atoms with Crippen molar-refractivity contribution in [2.45, 2.75) is 26.2 Å². The van der Waals surface area contributed by atoms with Crippen LogP contribution >= 0.6 is 0 Å². The van der Waals surface area contributed by atoms with Gasteiger partial charge in [-0.1, -0.05) is 63.2 Å². The summed E-state index contributed by atoms with van der Waals surface area (Å²) in [5.74, 6) is -0.811. The summed E-state index contributed by atoms with van der Waals surface area (Å²) in [6.45, 7) is 6.24. The normalized spacial score (nSPS) is 11.3. The van der Waals surface area contributed by atoms with Crippen LogP contribution in [-0.4, -0.2) is 22.0 Å². The number of nitrogens with one attached hydrogen (secondary N) is 1. The van der Waals surface area contributed by atoms with Crippen LogP contribution in [0.25, 0.3) is 22.0 Å². The van der Waals surface area contributed by atoms with E-state index in [0.717, 1.165) is 16.7 Å². The molecule has 160 valence electrons. The average molecular weight is 425 g/mol. The number of carboxylic acids is 1. The van der Waals surface area contributed by atoms with Gasteiger partial charge in [0.1, 0.15) is 5.82 Å². The zero-order chi connectivity index (χ0) is 22.9. The molecular formula is C27H24N2O3. The largest absolute Gasteiger partial charge is 0.478 e. The van der Waals surface area contributed by atoms with Gasteiger partial charge in [0, 0.05) is 10.9 Å². The Morgan fingerprint density at radius 3 is 2.28 bits per heavy atom. The number of hydrogen-bond donors (Lipinski definition) is 2. The summed E-state index contributed by atoms with van der Waals surface area (Å²) in [4.78, 5) is 29.0. The lowest BCUT2D eigenvalue weighted by molar-refractivity contribution is 0.0697. The molecule has 0 fully saturated rings. The Morgan fingerprint density at radius 1 is 0.844 bits per heavy atom. The molecule has 4 rings (SSSR count). The first kappa shape index (κ1) is 21.2. The molecule has 32 heavy (non-hydrogen) atoms. The molecule has 2 N–H and O–H groups in total. The summed E-state index contributed by atoms with van der Waals surface area (Å²) in [6, 6.07) is 24.1. The molecule has 1 aromatic heterocycles. The van der Waals surface area contributed by atoms with Crippen LogP contribution in [0.2, 0.25) is 0 Å². The molecule has 0 aliphatic rings. The molecule has 0 aliphatic heterocycles. The van der Waals surface area contributed by atoms with Gasteiger partial charge in [-0.05, 0) is 58.5 Å². The number of hydrogen-bond acceptors (Lipinski definition) is 3. The monoisotopic (exact) mass is 424 g/mol. The first-order chi connectivity index (χ1) is 15.2. The highest BCUT2D eigenvalue weighted by Crippen LogP contribution is 2.31. The quantitative estimate of drug-likeness (QED) is 0.412. The predicted molar refractivity (Wildman–Crippen MR) is 127 cm³/mol. The number of fused-ring (bicyclic) bond motifs is 1. The number of nitrogens with zero attached hydrogens (tertiary/aromatic N) is 1. The van der Waals surface area contributed by atoms with Crippen LogP contribution in [0.15, 0.2) is 78.9 Å². The van der Waals surface area contributed by atoms with Crippen LogP contribution < -0.4 is 5.32 Å². The van der Waals surface area contributed by atoms with Crippen molar-refractivity contribution in [1.82, 2.24) is 4.98 Å². The summed E-state index contributed by atoms with van der Waals surface area (Å²) in [6.07, 6.45) is 0. The van der Waals surface area contributed by atoms with E-state index in [1.807, 2.05) is 48.5 Å². The molecule has 1 amide bonds. The van der Waals surface area contributed by atoms with Crippen molar-refractivity contribution in [3.8, 4) is 11.1 Å². The van der Waals surface area contributed by atoms with E-state index in [4.69, 9.17) is 5.11 Å². The van der Waals surface area contributed by atoms with Crippen LogP contribution in [0.3, 0.4) is 0 Å². The number of carbonyl (C=O) groups excluding carboxylic acids is 1. The third kappa shape index (κ3) is 4.37. The molecule has 0 spiro atoms. The van der Waals surface area contributed by atoms with E-state index < -0.39 is 5.97 Å². The lowest BCUT2D eigenvalue weighted by atomic mass is 9.82. The van der Waals surface area contributed by atoms with Gasteiger partial charge in [0.15, 0.2) is 0 Å². The highest BCUT2D eigenvalue weighted by Gasteiger charge is 2.23. The molecule has 1 heterocycles. The first-order valence-electron chi connectivity index (χ1n) is 10.4. The van der Waals surface area contributed by atoms with E-state index in [1.165, 1.54) is 6.07 Å². The number of carboxylic acid groups (broad SMARTS) is 1. The smallest absolute Gasteiger partial charge is 0.335 e. The second kappa shape index (κ2) is 8.27.